The molecule has 0 aliphatic carbocycles. The summed E-state index contributed by atoms with van der Waals surface area (Å²) in [5, 5.41) is 11.3. The number of nitrogens with one attached hydrogen (secondary N) is 1. The zero-order valence-corrected chi connectivity index (χ0v) is 12.3. The van der Waals surface area contributed by atoms with Gasteiger partial charge in [0.25, 0.3) is 0 Å². The maximum atomic E-state index is 11.7. The molecule has 0 aliphatic rings. The van der Waals surface area contributed by atoms with E-state index in [4.69, 9.17) is 5.11 Å². The minimum absolute atomic E-state index is 0.0487. The van der Waals surface area contributed by atoms with E-state index in [1.807, 2.05) is 19.0 Å². The molecule has 0 fully saturated rings. The molecule has 6 heteroatoms. The molecule has 112 valence electrons. The van der Waals surface area contributed by atoms with Crippen molar-refractivity contribution in [2.45, 2.75) is 32.1 Å². The Labute approximate surface area is 115 Å². The highest BCUT2D eigenvalue weighted by Gasteiger charge is 2.07. The van der Waals surface area contributed by atoms with Gasteiger partial charge in [0.2, 0.25) is 0 Å². The number of likely N-dealkylation sites (N-methyl/N-ethyl adjacent to an activating group) is 2. The Hall–Kier alpha value is -1.30. The minimum Gasteiger partial charge on any atom is -0.481 e. The van der Waals surface area contributed by atoms with E-state index in [1.165, 1.54) is 0 Å². The number of carboxylic acid groups (broad SMARTS) is 1. The number of unbranched alkanes of at least 4 members (excludes halogenated alkanes) is 3. The number of urea groups is 1. The molecule has 6 nitrogen and oxygen atoms in total. The van der Waals surface area contributed by atoms with Gasteiger partial charge in [0.15, 0.2) is 0 Å². The first-order chi connectivity index (χ1) is 8.93. The van der Waals surface area contributed by atoms with Gasteiger partial charge < -0.3 is 20.2 Å². The lowest BCUT2D eigenvalue weighted by Gasteiger charge is -2.20. The van der Waals surface area contributed by atoms with Crippen LogP contribution in [0.1, 0.15) is 32.1 Å². The summed E-state index contributed by atoms with van der Waals surface area (Å²) in [4.78, 5) is 25.7. The zero-order valence-electron chi connectivity index (χ0n) is 12.3. The van der Waals surface area contributed by atoms with Crippen molar-refractivity contribution >= 4 is 12.0 Å². The first-order valence-electron chi connectivity index (χ1n) is 6.79. The van der Waals surface area contributed by atoms with Crippen LogP contribution in [0.3, 0.4) is 0 Å². The lowest BCUT2D eigenvalue weighted by atomic mass is 10.1. The van der Waals surface area contributed by atoms with Gasteiger partial charge in [0.1, 0.15) is 0 Å². The Kier molecular flexibility index (Phi) is 9.88. The third kappa shape index (κ3) is 11.5. The van der Waals surface area contributed by atoms with Crippen molar-refractivity contribution in [3.05, 3.63) is 0 Å². The highest BCUT2D eigenvalue weighted by Crippen LogP contribution is 2.02. The van der Waals surface area contributed by atoms with E-state index in [0.717, 1.165) is 25.8 Å². The smallest absolute Gasteiger partial charge is 0.317 e. The Morgan fingerprint density at radius 2 is 1.63 bits per heavy atom. The molecule has 0 saturated carbocycles. The molecule has 0 aromatic heterocycles. The topological polar surface area (TPSA) is 72.9 Å². The van der Waals surface area contributed by atoms with E-state index in [1.54, 1.807) is 11.9 Å². The van der Waals surface area contributed by atoms with Crippen LogP contribution in [0, 0.1) is 0 Å². The van der Waals surface area contributed by atoms with E-state index in [2.05, 4.69) is 5.32 Å². The van der Waals surface area contributed by atoms with E-state index in [9.17, 15) is 9.59 Å². The van der Waals surface area contributed by atoms with Crippen LogP contribution in [0.5, 0.6) is 0 Å². The van der Waals surface area contributed by atoms with Crippen LogP contribution in [0.2, 0.25) is 0 Å². The van der Waals surface area contributed by atoms with Gasteiger partial charge in [-0.3, -0.25) is 4.79 Å². The maximum Gasteiger partial charge on any atom is 0.317 e. The third-order valence-corrected chi connectivity index (χ3v) is 2.82. The number of carboxylic acids is 1. The predicted molar refractivity (Wildman–Crippen MR) is 75.3 cm³/mol. The van der Waals surface area contributed by atoms with Crippen molar-refractivity contribution in [2.75, 3.05) is 40.8 Å². The molecule has 0 aromatic rings. The van der Waals surface area contributed by atoms with E-state index in [0.29, 0.717) is 19.5 Å². The number of aliphatic carboxylic acids is 1. The molecule has 0 bridgehead atoms. The minimum atomic E-state index is -0.740. The van der Waals surface area contributed by atoms with E-state index >= 15 is 0 Å². The highest BCUT2D eigenvalue weighted by molar-refractivity contribution is 5.73. The number of carbonyl (C=O) groups excluding carboxylic acids is 1. The molecule has 0 heterocycles. The summed E-state index contributed by atoms with van der Waals surface area (Å²) in [5.74, 6) is -0.740. The summed E-state index contributed by atoms with van der Waals surface area (Å²) in [7, 11) is 5.73. The summed E-state index contributed by atoms with van der Waals surface area (Å²) in [6.07, 6.45) is 3.70. The fourth-order valence-electron chi connectivity index (χ4n) is 1.54. The number of rotatable bonds is 10. The summed E-state index contributed by atoms with van der Waals surface area (Å²) >= 11 is 0. The second-order valence-electron chi connectivity index (χ2n) is 5.01. The van der Waals surface area contributed by atoms with Crippen LogP contribution in [0.15, 0.2) is 0 Å². The average molecular weight is 273 g/mol. The fourth-order valence-corrected chi connectivity index (χ4v) is 1.54. The molecule has 2 amide bonds. The summed E-state index contributed by atoms with van der Waals surface area (Å²) in [6.45, 7) is 2.20. The van der Waals surface area contributed by atoms with Crippen molar-refractivity contribution in [3.63, 3.8) is 0 Å². The maximum absolute atomic E-state index is 11.7. The monoisotopic (exact) mass is 273 g/mol. The first-order valence-corrected chi connectivity index (χ1v) is 6.79. The molecule has 0 spiro atoms. The molecule has 19 heavy (non-hydrogen) atoms. The molecular weight excluding hydrogens is 246 g/mol. The van der Waals surface area contributed by atoms with Crippen LogP contribution >= 0.6 is 0 Å². The second kappa shape index (κ2) is 10.6. The Morgan fingerprint density at radius 3 is 2.21 bits per heavy atom. The molecule has 0 atom stereocenters. The van der Waals surface area contributed by atoms with Crippen molar-refractivity contribution in [1.82, 2.24) is 15.1 Å². The van der Waals surface area contributed by atoms with Crippen molar-refractivity contribution in [2.24, 2.45) is 0 Å². The number of hydrogen-bond acceptors (Lipinski definition) is 3. The van der Waals surface area contributed by atoms with Crippen LogP contribution in [-0.4, -0.2) is 67.7 Å². The van der Waals surface area contributed by atoms with Gasteiger partial charge in [0.05, 0.1) is 0 Å². The second-order valence-corrected chi connectivity index (χ2v) is 5.01. The summed E-state index contributed by atoms with van der Waals surface area (Å²) in [5.41, 5.74) is 0. The zero-order chi connectivity index (χ0) is 14.7. The van der Waals surface area contributed by atoms with E-state index in [-0.39, 0.29) is 12.5 Å². The molecule has 0 aliphatic heterocycles. The highest BCUT2D eigenvalue weighted by atomic mass is 16.4. The summed E-state index contributed by atoms with van der Waals surface area (Å²) < 4.78 is 0. The summed E-state index contributed by atoms with van der Waals surface area (Å²) in [6, 6.07) is -0.0487. The Balaban J connectivity index is 3.44. The van der Waals surface area contributed by atoms with Gasteiger partial charge in [-0.2, -0.15) is 0 Å². The van der Waals surface area contributed by atoms with Crippen LogP contribution < -0.4 is 5.32 Å². The van der Waals surface area contributed by atoms with Crippen molar-refractivity contribution < 1.29 is 14.7 Å². The standard InChI is InChI=1S/C13H27N3O3/c1-15(2)10-11-16(3)13(19)14-9-7-5-4-6-8-12(17)18/h4-11H2,1-3H3,(H,14,19)(H,17,18). The van der Waals surface area contributed by atoms with Gasteiger partial charge >= 0.3 is 12.0 Å². The van der Waals surface area contributed by atoms with Crippen LogP contribution in [-0.2, 0) is 4.79 Å². The normalized spacial score (nSPS) is 10.5. The fraction of sp³-hybridized carbons (Fsp3) is 0.846. The number of nitrogens with zero attached hydrogens (tertiary/aromatic N) is 2. The number of carbonyl (C=O) groups is 2. The Bertz CT molecular complexity index is 270. The number of hydrogen-bond donors (Lipinski definition) is 2. The van der Waals surface area contributed by atoms with E-state index < -0.39 is 5.97 Å². The molecule has 2 N–H and O–H groups in total. The molecular formula is C13H27N3O3. The number of amides is 2. The molecule has 0 saturated heterocycles. The molecule has 0 aromatic carbocycles. The van der Waals surface area contributed by atoms with Crippen molar-refractivity contribution in [1.29, 1.82) is 0 Å². The van der Waals surface area contributed by atoms with Gasteiger partial charge in [-0.1, -0.05) is 12.8 Å². The quantitative estimate of drug-likeness (QED) is 0.587. The SMILES string of the molecule is CN(C)CCN(C)C(=O)NCCCCCCC(=O)O. The molecule has 0 unspecified atom stereocenters. The predicted octanol–water partition coefficient (Wildman–Crippen LogP) is 1.22. The first kappa shape index (κ1) is 17.7. The largest absolute Gasteiger partial charge is 0.481 e. The van der Waals surface area contributed by atoms with Gasteiger partial charge in [-0.15, -0.1) is 0 Å². The third-order valence-electron chi connectivity index (χ3n) is 2.82. The molecule has 0 rings (SSSR count). The lowest BCUT2D eigenvalue weighted by molar-refractivity contribution is -0.137. The molecule has 0 radical (unpaired) electrons. The van der Waals surface area contributed by atoms with Crippen LogP contribution in [0.4, 0.5) is 4.79 Å². The Morgan fingerprint density at radius 1 is 1.00 bits per heavy atom. The van der Waals surface area contributed by atoms with Crippen LogP contribution in [0.25, 0.3) is 0 Å². The van der Waals surface area contributed by atoms with Gasteiger partial charge in [-0.25, -0.2) is 4.79 Å². The van der Waals surface area contributed by atoms with Gasteiger partial charge in [-0.05, 0) is 26.9 Å². The lowest BCUT2D eigenvalue weighted by Crippen LogP contribution is -2.40. The average Bonchev–Trinajstić information content (AvgIpc) is 2.33. The van der Waals surface area contributed by atoms with Gasteiger partial charge in [0, 0.05) is 33.1 Å². The van der Waals surface area contributed by atoms with Crippen molar-refractivity contribution in [3.8, 4) is 0 Å².